The molecule has 0 aliphatic carbocycles. The summed E-state index contributed by atoms with van der Waals surface area (Å²) in [5.41, 5.74) is 3.29. The van der Waals surface area contributed by atoms with Crippen molar-refractivity contribution >= 4 is 29.1 Å². The van der Waals surface area contributed by atoms with Gasteiger partial charge in [0.25, 0.3) is 0 Å². The first-order valence-corrected chi connectivity index (χ1v) is 8.55. The molecule has 0 heterocycles. The molecule has 0 aliphatic rings. The number of rotatable bonds is 6. The molecule has 0 unspecified atom stereocenters. The molecule has 0 fully saturated rings. The van der Waals surface area contributed by atoms with Crippen molar-refractivity contribution in [1.82, 2.24) is 5.32 Å². The molecule has 4 heteroatoms. The summed E-state index contributed by atoms with van der Waals surface area (Å²) in [6.07, 6.45) is 1.87. The van der Waals surface area contributed by atoms with E-state index >= 15 is 0 Å². The van der Waals surface area contributed by atoms with Gasteiger partial charge in [-0.15, -0.1) is 0 Å². The quantitative estimate of drug-likeness (QED) is 0.732. The summed E-state index contributed by atoms with van der Waals surface area (Å²) >= 11 is 12.0. The Labute approximate surface area is 147 Å². The van der Waals surface area contributed by atoms with Crippen LogP contribution in [0.15, 0.2) is 42.5 Å². The average Bonchev–Trinajstić information content (AvgIpc) is 2.52. The van der Waals surface area contributed by atoms with Crippen molar-refractivity contribution in [2.24, 2.45) is 0 Å². The molecular weight excluding hydrogens is 329 g/mol. The van der Waals surface area contributed by atoms with Gasteiger partial charge in [0, 0.05) is 16.5 Å². The molecule has 1 N–H and O–H groups in total. The molecule has 0 radical (unpaired) electrons. The van der Waals surface area contributed by atoms with Crippen molar-refractivity contribution in [3.8, 4) is 0 Å². The van der Waals surface area contributed by atoms with Gasteiger partial charge in [-0.25, -0.2) is 0 Å². The van der Waals surface area contributed by atoms with E-state index in [4.69, 9.17) is 23.2 Å². The van der Waals surface area contributed by atoms with Gasteiger partial charge in [0.2, 0.25) is 5.91 Å². The zero-order valence-electron chi connectivity index (χ0n) is 13.4. The van der Waals surface area contributed by atoms with Gasteiger partial charge in [-0.1, -0.05) is 66.0 Å². The van der Waals surface area contributed by atoms with E-state index in [9.17, 15) is 4.79 Å². The van der Waals surface area contributed by atoms with Crippen LogP contribution in [-0.4, -0.2) is 5.91 Å². The average molecular weight is 350 g/mol. The molecule has 1 atom stereocenters. The van der Waals surface area contributed by atoms with Crippen LogP contribution in [0.25, 0.3) is 0 Å². The fourth-order valence-electron chi connectivity index (χ4n) is 2.46. The van der Waals surface area contributed by atoms with Crippen molar-refractivity contribution in [2.45, 2.75) is 39.2 Å². The molecule has 0 saturated heterocycles. The van der Waals surface area contributed by atoms with Gasteiger partial charge in [0.1, 0.15) is 0 Å². The predicted molar refractivity (Wildman–Crippen MR) is 97.1 cm³/mol. The Morgan fingerprint density at radius 1 is 1.13 bits per heavy atom. The van der Waals surface area contributed by atoms with Crippen LogP contribution in [0.1, 0.15) is 42.5 Å². The van der Waals surface area contributed by atoms with Crippen LogP contribution in [0.5, 0.6) is 0 Å². The first-order chi connectivity index (χ1) is 11.0. The lowest BCUT2D eigenvalue weighted by molar-refractivity contribution is -0.121. The number of nitrogens with one attached hydrogen (secondary N) is 1. The molecule has 23 heavy (non-hydrogen) atoms. The van der Waals surface area contributed by atoms with Crippen LogP contribution in [-0.2, 0) is 11.2 Å². The molecule has 2 aromatic rings. The van der Waals surface area contributed by atoms with E-state index in [2.05, 4.69) is 43.4 Å². The molecular formula is C19H21Cl2NO. The molecule has 0 aliphatic heterocycles. The number of hydrogen-bond donors (Lipinski definition) is 1. The number of halogens is 2. The van der Waals surface area contributed by atoms with Gasteiger partial charge < -0.3 is 5.32 Å². The lowest BCUT2D eigenvalue weighted by Gasteiger charge is -2.18. The summed E-state index contributed by atoms with van der Waals surface area (Å²) in [5, 5.41) is 4.31. The van der Waals surface area contributed by atoms with E-state index < -0.39 is 0 Å². The molecule has 0 spiro atoms. The molecule has 1 amide bonds. The van der Waals surface area contributed by atoms with Crippen molar-refractivity contribution in [3.05, 3.63) is 69.2 Å². The van der Waals surface area contributed by atoms with E-state index in [-0.39, 0.29) is 11.9 Å². The Kier molecular flexibility index (Phi) is 6.49. The van der Waals surface area contributed by atoms with Gasteiger partial charge in [0.05, 0.1) is 6.04 Å². The van der Waals surface area contributed by atoms with Gasteiger partial charge in [-0.05, 0) is 43.0 Å². The van der Waals surface area contributed by atoms with Gasteiger partial charge >= 0.3 is 0 Å². The second kappa shape index (κ2) is 8.37. The van der Waals surface area contributed by atoms with Crippen molar-refractivity contribution in [1.29, 1.82) is 0 Å². The van der Waals surface area contributed by atoms with E-state index in [0.717, 1.165) is 17.5 Å². The number of aryl methyl sites for hydroxylation is 2. The largest absolute Gasteiger partial charge is 0.349 e. The van der Waals surface area contributed by atoms with E-state index in [1.807, 2.05) is 6.07 Å². The topological polar surface area (TPSA) is 29.1 Å². The number of hydrogen-bond acceptors (Lipinski definition) is 1. The van der Waals surface area contributed by atoms with Crippen molar-refractivity contribution < 1.29 is 4.79 Å². The Morgan fingerprint density at radius 3 is 2.43 bits per heavy atom. The zero-order chi connectivity index (χ0) is 16.8. The highest BCUT2D eigenvalue weighted by molar-refractivity contribution is 6.35. The second-order valence-electron chi connectivity index (χ2n) is 5.67. The highest BCUT2D eigenvalue weighted by atomic mass is 35.5. The smallest absolute Gasteiger partial charge is 0.220 e. The monoisotopic (exact) mass is 349 g/mol. The summed E-state index contributed by atoms with van der Waals surface area (Å²) in [6, 6.07) is 13.7. The van der Waals surface area contributed by atoms with Gasteiger partial charge in [-0.3, -0.25) is 4.79 Å². The molecule has 2 aromatic carbocycles. The van der Waals surface area contributed by atoms with E-state index in [1.54, 1.807) is 12.1 Å². The van der Waals surface area contributed by atoms with Crippen molar-refractivity contribution in [2.75, 3.05) is 0 Å². The minimum Gasteiger partial charge on any atom is -0.349 e. The summed E-state index contributed by atoms with van der Waals surface area (Å²) in [5.74, 6) is 0.0310. The highest BCUT2D eigenvalue weighted by Gasteiger charge is 2.13. The predicted octanol–water partition coefficient (Wildman–Crippen LogP) is 5.50. The second-order valence-corrected chi connectivity index (χ2v) is 6.52. The highest BCUT2D eigenvalue weighted by Crippen LogP contribution is 2.22. The number of carbonyl (C=O) groups is 1. The fourth-order valence-corrected chi connectivity index (χ4v) is 2.96. The summed E-state index contributed by atoms with van der Waals surface area (Å²) < 4.78 is 0. The van der Waals surface area contributed by atoms with E-state index in [1.165, 1.54) is 5.56 Å². The molecule has 0 saturated carbocycles. The molecule has 122 valence electrons. The van der Waals surface area contributed by atoms with Crippen LogP contribution in [0, 0.1) is 6.92 Å². The maximum absolute atomic E-state index is 12.2. The summed E-state index contributed by atoms with van der Waals surface area (Å²) in [4.78, 5) is 12.2. The van der Waals surface area contributed by atoms with Crippen molar-refractivity contribution in [3.63, 3.8) is 0 Å². The number of benzene rings is 2. The third-order valence-electron chi connectivity index (χ3n) is 3.86. The molecule has 0 aromatic heterocycles. The molecule has 2 rings (SSSR count). The fraction of sp³-hybridized carbons (Fsp3) is 0.316. The summed E-state index contributed by atoms with van der Waals surface area (Å²) in [6.45, 7) is 4.13. The zero-order valence-corrected chi connectivity index (χ0v) is 14.9. The Balaban J connectivity index is 1.93. The Morgan fingerprint density at radius 2 is 1.83 bits per heavy atom. The Bertz CT molecular complexity index is 668. The Hall–Kier alpha value is -1.51. The normalized spacial score (nSPS) is 12.0. The van der Waals surface area contributed by atoms with E-state index in [0.29, 0.717) is 22.9 Å². The van der Waals surface area contributed by atoms with Gasteiger partial charge in [0.15, 0.2) is 0 Å². The number of carbonyl (C=O) groups excluding carboxylic acids is 1. The summed E-state index contributed by atoms with van der Waals surface area (Å²) in [7, 11) is 0. The number of amides is 1. The lowest BCUT2D eigenvalue weighted by Crippen LogP contribution is -2.28. The first-order valence-electron chi connectivity index (χ1n) is 7.79. The minimum atomic E-state index is 0.0310. The van der Waals surface area contributed by atoms with Crippen LogP contribution in [0.2, 0.25) is 10.0 Å². The maximum atomic E-state index is 12.2. The SMILES string of the molecule is CC[C@@H](NC(=O)CCc1ccc(Cl)cc1Cl)c1ccc(C)cc1. The standard InChI is InChI=1S/C19H21Cl2NO/c1-3-18(15-6-4-13(2)5-7-15)22-19(23)11-9-14-8-10-16(20)12-17(14)21/h4-8,10,12,18H,3,9,11H2,1-2H3,(H,22,23)/t18-/m1/s1. The molecule has 0 bridgehead atoms. The van der Waals surface area contributed by atoms with Crippen LogP contribution in [0.4, 0.5) is 0 Å². The maximum Gasteiger partial charge on any atom is 0.220 e. The van der Waals surface area contributed by atoms with Crippen LogP contribution >= 0.6 is 23.2 Å². The third-order valence-corrected chi connectivity index (χ3v) is 4.45. The lowest BCUT2D eigenvalue weighted by atomic mass is 10.0. The van der Waals surface area contributed by atoms with Crippen LogP contribution in [0.3, 0.4) is 0 Å². The molecule has 2 nitrogen and oxygen atoms in total. The van der Waals surface area contributed by atoms with Crippen LogP contribution < -0.4 is 5.32 Å². The first kappa shape index (κ1) is 17.8. The minimum absolute atomic E-state index is 0.0310. The third kappa shape index (κ3) is 5.26. The van der Waals surface area contributed by atoms with Gasteiger partial charge in [-0.2, -0.15) is 0 Å².